The molecule has 4 heteroatoms. The zero-order valence-electron chi connectivity index (χ0n) is 14.8. The molecular weight excluding hydrogens is 379 g/mol. The van der Waals surface area contributed by atoms with Gasteiger partial charge in [-0.2, -0.15) is 0 Å². The van der Waals surface area contributed by atoms with Gasteiger partial charge in [0.2, 0.25) is 5.78 Å². The summed E-state index contributed by atoms with van der Waals surface area (Å²) in [5, 5.41) is 1.72. The first-order valence-corrected chi connectivity index (χ1v) is 9.29. The average molecular weight is 395 g/mol. The third-order valence-corrected chi connectivity index (χ3v) is 5.22. The number of aryl methyl sites for hydroxylation is 2. The molecule has 0 fully saturated rings. The zero-order chi connectivity index (χ0) is 19.1. The minimum absolute atomic E-state index is 0.248. The van der Waals surface area contributed by atoms with E-state index in [1.807, 2.05) is 31.2 Å². The average Bonchev–Trinajstić information content (AvgIpc) is 2.97. The lowest BCUT2D eigenvalue weighted by Crippen LogP contribution is -2.02. The number of fused-ring (bicyclic) bond motifs is 1. The maximum atomic E-state index is 12.9. The van der Waals surface area contributed by atoms with Crippen LogP contribution in [0.2, 0.25) is 10.0 Å². The number of hydrogen-bond donors (Lipinski definition) is 0. The van der Waals surface area contributed by atoms with Crippen LogP contribution in [0, 0.1) is 13.8 Å². The molecule has 134 valence electrons. The molecule has 1 heterocycles. The van der Waals surface area contributed by atoms with Gasteiger partial charge in [0.1, 0.15) is 5.58 Å². The maximum absolute atomic E-state index is 12.9. The standard InChI is InChI=1S/C23H16Cl2O2/c1-13-4-3-5-15(10-13)16-6-8-18-14(2)23(27-21(18)11-16)22(26)19-9-7-17(24)12-20(19)25/h3-12H,1-2H3. The number of benzene rings is 3. The molecule has 0 aliphatic rings. The van der Waals surface area contributed by atoms with E-state index in [-0.39, 0.29) is 5.78 Å². The van der Waals surface area contributed by atoms with Crippen molar-refractivity contribution >= 4 is 40.0 Å². The number of carbonyl (C=O) groups excluding carboxylic acids is 1. The Kier molecular flexibility index (Phi) is 4.55. The molecule has 0 aliphatic heterocycles. The second-order valence-corrected chi connectivity index (χ2v) is 7.43. The zero-order valence-corrected chi connectivity index (χ0v) is 16.4. The lowest BCUT2D eigenvalue weighted by molar-refractivity contribution is 0.101. The molecule has 0 amide bonds. The normalized spacial score (nSPS) is 11.1. The first kappa shape index (κ1) is 17.8. The van der Waals surface area contributed by atoms with Gasteiger partial charge in [0.05, 0.1) is 5.02 Å². The van der Waals surface area contributed by atoms with Gasteiger partial charge < -0.3 is 4.42 Å². The Hall–Kier alpha value is -2.55. The van der Waals surface area contributed by atoms with E-state index >= 15 is 0 Å². The summed E-state index contributed by atoms with van der Waals surface area (Å²) in [6.45, 7) is 3.95. The summed E-state index contributed by atoms with van der Waals surface area (Å²) in [6, 6.07) is 19.1. The van der Waals surface area contributed by atoms with Crippen LogP contribution in [0.15, 0.2) is 65.1 Å². The van der Waals surface area contributed by atoms with Gasteiger partial charge in [0, 0.05) is 21.5 Å². The van der Waals surface area contributed by atoms with Crippen molar-refractivity contribution in [2.75, 3.05) is 0 Å². The number of hydrogen-bond acceptors (Lipinski definition) is 2. The van der Waals surface area contributed by atoms with Crippen LogP contribution in [-0.2, 0) is 0 Å². The molecule has 4 aromatic rings. The second-order valence-electron chi connectivity index (χ2n) is 6.59. The molecule has 0 atom stereocenters. The molecule has 3 aromatic carbocycles. The minimum Gasteiger partial charge on any atom is -0.452 e. The van der Waals surface area contributed by atoms with Crippen molar-refractivity contribution in [2.45, 2.75) is 13.8 Å². The van der Waals surface area contributed by atoms with Crippen LogP contribution in [0.5, 0.6) is 0 Å². The Morgan fingerprint density at radius 2 is 1.67 bits per heavy atom. The smallest absolute Gasteiger partial charge is 0.229 e. The van der Waals surface area contributed by atoms with Crippen molar-refractivity contribution in [3.05, 3.63) is 93.2 Å². The van der Waals surface area contributed by atoms with Crippen LogP contribution in [0.25, 0.3) is 22.1 Å². The van der Waals surface area contributed by atoms with Crippen molar-refractivity contribution in [1.29, 1.82) is 0 Å². The largest absolute Gasteiger partial charge is 0.452 e. The topological polar surface area (TPSA) is 30.2 Å². The number of ketones is 1. The van der Waals surface area contributed by atoms with E-state index in [0.717, 1.165) is 22.1 Å². The van der Waals surface area contributed by atoms with Gasteiger partial charge in [-0.1, -0.05) is 65.2 Å². The van der Waals surface area contributed by atoms with Gasteiger partial charge in [-0.25, -0.2) is 0 Å². The van der Waals surface area contributed by atoms with E-state index in [2.05, 4.69) is 25.1 Å². The molecule has 0 aliphatic carbocycles. The summed E-state index contributed by atoms with van der Waals surface area (Å²) in [5.41, 5.74) is 5.21. The van der Waals surface area contributed by atoms with Crippen molar-refractivity contribution < 1.29 is 9.21 Å². The van der Waals surface area contributed by atoms with Crippen LogP contribution in [-0.4, -0.2) is 5.78 Å². The summed E-state index contributed by atoms with van der Waals surface area (Å²) >= 11 is 12.1. The SMILES string of the molecule is Cc1cccc(-c2ccc3c(C)c(C(=O)c4ccc(Cl)cc4Cl)oc3c2)c1. The maximum Gasteiger partial charge on any atom is 0.229 e. The fraction of sp³-hybridized carbons (Fsp3) is 0.0870. The van der Waals surface area contributed by atoms with Crippen molar-refractivity contribution in [2.24, 2.45) is 0 Å². The summed E-state index contributed by atoms with van der Waals surface area (Å²) in [7, 11) is 0. The highest BCUT2D eigenvalue weighted by molar-refractivity contribution is 6.37. The van der Waals surface area contributed by atoms with E-state index in [9.17, 15) is 4.79 Å². The molecule has 0 saturated heterocycles. The summed E-state index contributed by atoms with van der Waals surface area (Å²) < 4.78 is 5.95. The van der Waals surface area contributed by atoms with Crippen molar-refractivity contribution in [3.8, 4) is 11.1 Å². The monoisotopic (exact) mass is 394 g/mol. The quantitative estimate of drug-likeness (QED) is 0.342. The fourth-order valence-electron chi connectivity index (χ4n) is 3.24. The van der Waals surface area contributed by atoms with Gasteiger partial charge in [-0.05, 0) is 49.2 Å². The highest BCUT2D eigenvalue weighted by Crippen LogP contribution is 2.32. The summed E-state index contributed by atoms with van der Waals surface area (Å²) in [5.74, 6) is 0.0538. The second kappa shape index (κ2) is 6.88. The molecule has 4 rings (SSSR count). The van der Waals surface area contributed by atoms with Gasteiger partial charge in [0.25, 0.3) is 0 Å². The van der Waals surface area contributed by atoms with E-state index in [1.165, 1.54) is 5.56 Å². The first-order chi connectivity index (χ1) is 12.9. The Morgan fingerprint density at radius 1 is 0.889 bits per heavy atom. The molecule has 0 radical (unpaired) electrons. The van der Waals surface area contributed by atoms with Crippen molar-refractivity contribution in [1.82, 2.24) is 0 Å². The Balaban J connectivity index is 1.81. The summed E-state index contributed by atoms with van der Waals surface area (Å²) in [4.78, 5) is 12.9. The van der Waals surface area contributed by atoms with Crippen LogP contribution >= 0.6 is 23.2 Å². The third-order valence-electron chi connectivity index (χ3n) is 4.67. The molecule has 2 nitrogen and oxygen atoms in total. The predicted molar refractivity (Wildman–Crippen MR) is 111 cm³/mol. The number of carbonyl (C=O) groups is 1. The van der Waals surface area contributed by atoms with E-state index in [0.29, 0.717) is 27.0 Å². The molecule has 0 saturated carbocycles. The van der Waals surface area contributed by atoms with Gasteiger partial charge in [-0.3, -0.25) is 4.79 Å². The first-order valence-electron chi connectivity index (χ1n) is 8.54. The van der Waals surface area contributed by atoms with Crippen LogP contribution in [0.4, 0.5) is 0 Å². The van der Waals surface area contributed by atoms with Gasteiger partial charge in [-0.15, -0.1) is 0 Å². The molecular formula is C23H16Cl2O2. The molecule has 0 spiro atoms. The Bertz CT molecular complexity index is 1190. The molecule has 27 heavy (non-hydrogen) atoms. The van der Waals surface area contributed by atoms with E-state index in [4.69, 9.17) is 27.6 Å². The highest BCUT2D eigenvalue weighted by atomic mass is 35.5. The highest BCUT2D eigenvalue weighted by Gasteiger charge is 2.21. The fourth-order valence-corrected chi connectivity index (χ4v) is 3.74. The number of rotatable bonds is 3. The Morgan fingerprint density at radius 3 is 2.41 bits per heavy atom. The minimum atomic E-state index is -0.248. The Labute approximate surface area is 167 Å². The number of furan rings is 1. The predicted octanol–water partition coefficient (Wildman–Crippen LogP) is 7.25. The summed E-state index contributed by atoms with van der Waals surface area (Å²) in [6.07, 6.45) is 0. The molecule has 0 N–H and O–H groups in total. The third kappa shape index (κ3) is 3.27. The van der Waals surface area contributed by atoms with Gasteiger partial charge in [0.15, 0.2) is 5.76 Å². The van der Waals surface area contributed by atoms with Crippen LogP contribution < -0.4 is 0 Å². The van der Waals surface area contributed by atoms with Crippen molar-refractivity contribution in [3.63, 3.8) is 0 Å². The lowest BCUT2D eigenvalue weighted by Gasteiger charge is -2.02. The van der Waals surface area contributed by atoms with Crippen LogP contribution in [0.1, 0.15) is 27.2 Å². The molecule has 1 aromatic heterocycles. The van der Waals surface area contributed by atoms with E-state index in [1.54, 1.807) is 18.2 Å². The molecule has 0 unspecified atom stereocenters. The van der Waals surface area contributed by atoms with E-state index < -0.39 is 0 Å². The van der Waals surface area contributed by atoms with Crippen LogP contribution in [0.3, 0.4) is 0 Å². The van der Waals surface area contributed by atoms with Gasteiger partial charge >= 0.3 is 0 Å². The lowest BCUT2D eigenvalue weighted by atomic mass is 10.0. The number of halogens is 2. The molecule has 0 bridgehead atoms.